The number of nitrogens with zero attached hydrogens (tertiary/aromatic N) is 3. The maximum Gasteiger partial charge on any atom is 0.136 e. The van der Waals surface area contributed by atoms with E-state index in [1.165, 1.54) is 16.7 Å². The van der Waals surface area contributed by atoms with Crippen LogP contribution in [0, 0.1) is 6.07 Å². The molecule has 0 aliphatic rings. The molecule has 0 saturated heterocycles. The van der Waals surface area contributed by atoms with E-state index in [1.54, 1.807) is 0 Å². The van der Waals surface area contributed by atoms with E-state index >= 15 is 0 Å². The maximum absolute atomic E-state index is 12.3. The van der Waals surface area contributed by atoms with Crippen molar-refractivity contribution in [3.63, 3.8) is 0 Å². The van der Waals surface area contributed by atoms with Crippen LogP contribution in [-0.4, -0.2) is 15.1 Å². The van der Waals surface area contributed by atoms with Crippen LogP contribution in [0.3, 0.4) is 0 Å². The first-order valence-corrected chi connectivity index (χ1v) is 21.6. The Balaban J connectivity index is 0.00000641. The van der Waals surface area contributed by atoms with Crippen molar-refractivity contribution in [3.05, 3.63) is 179 Å². The first-order valence-electron chi connectivity index (χ1n) is 21.6. The van der Waals surface area contributed by atoms with Gasteiger partial charge in [-0.15, -0.1) is 29.3 Å². The van der Waals surface area contributed by atoms with Gasteiger partial charge in [0.05, 0.1) is 5.69 Å². The summed E-state index contributed by atoms with van der Waals surface area (Å²) in [5.41, 5.74) is 13.4. The molecule has 0 fully saturated rings. The van der Waals surface area contributed by atoms with Crippen LogP contribution in [-0.2, 0) is 49.1 Å². The van der Waals surface area contributed by atoms with Gasteiger partial charge in [-0.3, -0.25) is 4.98 Å². The summed E-state index contributed by atoms with van der Waals surface area (Å²) in [5, 5.41) is 12.3. The molecule has 0 radical (unpaired) electrons. The molecule has 2 aromatic heterocycles. The molecule has 4 nitrogen and oxygen atoms in total. The van der Waals surface area contributed by atoms with Crippen LogP contribution in [0.25, 0.3) is 33.6 Å². The van der Waals surface area contributed by atoms with Crippen molar-refractivity contribution in [2.45, 2.75) is 111 Å². The average Bonchev–Trinajstić information content (AvgIpc) is 3.20. The van der Waals surface area contributed by atoms with E-state index in [2.05, 4.69) is 203 Å². The average molecular weight is 1000 g/mol. The fraction of sp³-hybridized carbons (Fsp3) is 0.298. The van der Waals surface area contributed by atoms with Gasteiger partial charge < -0.3 is 10.0 Å². The van der Waals surface area contributed by atoms with Gasteiger partial charge in [-0.25, -0.2) is 4.98 Å². The molecule has 0 amide bonds. The topological polar surface area (TPSA) is 49.2 Å². The van der Waals surface area contributed by atoms with Crippen molar-refractivity contribution in [3.8, 4) is 39.4 Å². The predicted octanol–water partition coefficient (Wildman–Crippen LogP) is 15.2. The molecule has 0 atom stereocenters. The molecule has 62 heavy (non-hydrogen) atoms. The Morgan fingerprint density at radius 1 is 0.532 bits per heavy atom. The molecule has 322 valence electrons. The largest absolute Gasteiger partial charge is 0.507 e. The third kappa shape index (κ3) is 10.5. The Bertz CT molecular complexity index is 2570. The minimum atomic E-state index is -0.302. The smallest absolute Gasteiger partial charge is 0.136 e. The molecule has 7 aromatic rings. The Morgan fingerprint density at radius 2 is 1.08 bits per heavy atom. The molecule has 7 rings (SSSR count). The minimum Gasteiger partial charge on any atom is -0.507 e. The summed E-state index contributed by atoms with van der Waals surface area (Å²) in [7, 11) is 0. The summed E-state index contributed by atoms with van der Waals surface area (Å²) >= 11 is 0. The first kappa shape index (κ1) is 46.2. The number of phenols is 1. The van der Waals surface area contributed by atoms with Crippen LogP contribution in [0.4, 0.5) is 17.2 Å². The number of phenolic OH excluding ortho intramolecular Hbond substituents is 1. The second-order valence-corrected chi connectivity index (χ2v) is 20.7. The van der Waals surface area contributed by atoms with Crippen LogP contribution in [0.2, 0.25) is 0 Å². The number of benzene rings is 5. The molecule has 0 spiro atoms. The third-order valence-electron chi connectivity index (χ3n) is 11.5. The van der Waals surface area contributed by atoms with E-state index in [0.717, 1.165) is 68.3 Å². The summed E-state index contributed by atoms with van der Waals surface area (Å²) in [6.45, 7) is 26.8. The third-order valence-corrected chi connectivity index (χ3v) is 11.5. The Hall–Kier alpha value is -5.31. The van der Waals surface area contributed by atoms with Gasteiger partial charge in [0.25, 0.3) is 0 Å². The molecular formula is C57H62N3OPt-. The zero-order valence-electron chi connectivity index (χ0n) is 38.6. The van der Waals surface area contributed by atoms with Gasteiger partial charge in [0.1, 0.15) is 11.6 Å². The van der Waals surface area contributed by atoms with Gasteiger partial charge in [-0.1, -0.05) is 168 Å². The Morgan fingerprint density at radius 3 is 1.65 bits per heavy atom. The van der Waals surface area contributed by atoms with Gasteiger partial charge in [-0.2, -0.15) is 0 Å². The number of hydrogen-bond donors (Lipinski definition) is 1. The van der Waals surface area contributed by atoms with Crippen molar-refractivity contribution in [2.24, 2.45) is 0 Å². The maximum atomic E-state index is 12.3. The fourth-order valence-electron chi connectivity index (χ4n) is 7.73. The van der Waals surface area contributed by atoms with Crippen LogP contribution >= 0.6 is 0 Å². The Labute approximate surface area is 385 Å². The molecule has 0 unspecified atom stereocenters. The molecule has 5 heteroatoms. The Kier molecular flexibility index (Phi) is 13.3. The van der Waals surface area contributed by atoms with Gasteiger partial charge in [0.15, 0.2) is 0 Å². The van der Waals surface area contributed by atoms with Crippen LogP contribution in [0.15, 0.2) is 140 Å². The van der Waals surface area contributed by atoms with Gasteiger partial charge >= 0.3 is 0 Å². The molecule has 2 heterocycles. The number of para-hydroxylation sites is 1. The second kappa shape index (κ2) is 17.8. The number of hydrogen-bond acceptors (Lipinski definition) is 4. The van der Waals surface area contributed by atoms with Gasteiger partial charge in [0.2, 0.25) is 0 Å². The van der Waals surface area contributed by atoms with E-state index in [0.29, 0.717) is 5.69 Å². The SMILES string of the molecule is CC(C)(C)c1cc(-c2cc(-c3[c-]c(N(c4ccccc4)c4ccccn4)cc(Cc4ccccc4)c3)nc(-c3cc(C(C)(C)C)cc(C(C)(C)C)c3O)c2)cc(C(C)(C)C)c1.[Pt]. The molecule has 0 aliphatic carbocycles. The normalized spacial score (nSPS) is 12.2. The van der Waals surface area contributed by atoms with Gasteiger partial charge in [0, 0.05) is 44.1 Å². The second-order valence-electron chi connectivity index (χ2n) is 20.7. The molecular weight excluding hydrogens is 938 g/mol. The number of anilines is 3. The molecule has 0 aliphatic heterocycles. The molecule has 0 saturated carbocycles. The van der Waals surface area contributed by atoms with Gasteiger partial charge in [-0.05, 0) is 109 Å². The van der Waals surface area contributed by atoms with Crippen molar-refractivity contribution < 1.29 is 26.2 Å². The van der Waals surface area contributed by atoms with Crippen molar-refractivity contribution in [2.75, 3.05) is 4.90 Å². The van der Waals surface area contributed by atoms with Crippen molar-refractivity contribution in [1.82, 2.24) is 9.97 Å². The summed E-state index contributed by atoms with van der Waals surface area (Å²) in [6, 6.07) is 51.0. The minimum absolute atomic E-state index is 0. The first-order chi connectivity index (χ1) is 28.6. The summed E-state index contributed by atoms with van der Waals surface area (Å²) < 4.78 is 0. The number of aromatic nitrogens is 2. The van der Waals surface area contributed by atoms with E-state index in [9.17, 15) is 5.11 Å². The van der Waals surface area contributed by atoms with E-state index in [4.69, 9.17) is 9.97 Å². The quantitative estimate of drug-likeness (QED) is 0.154. The summed E-state index contributed by atoms with van der Waals surface area (Å²) in [4.78, 5) is 12.5. The van der Waals surface area contributed by atoms with Crippen LogP contribution < -0.4 is 4.90 Å². The number of pyridine rings is 2. The molecule has 5 aromatic carbocycles. The monoisotopic (exact) mass is 999 g/mol. The predicted molar refractivity (Wildman–Crippen MR) is 258 cm³/mol. The van der Waals surface area contributed by atoms with Crippen molar-refractivity contribution in [1.29, 1.82) is 0 Å². The van der Waals surface area contributed by atoms with E-state index < -0.39 is 0 Å². The zero-order valence-corrected chi connectivity index (χ0v) is 40.9. The van der Waals surface area contributed by atoms with Crippen molar-refractivity contribution >= 4 is 17.2 Å². The summed E-state index contributed by atoms with van der Waals surface area (Å²) in [6.07, 6.45) is 2.55. The van der Waals surface area contributed by atoms with Crippen LogP contribution in [0.5, 0.6) is 5.75 Å². The fourth-order valence-corrected chi connectivity index (χ4v) is 7.73. The summed E-state index contributed by atoms with van der Waals surface area (Å²) in [5.74, 6) is 1.06. The van der Waals surface area contributed by atoms with E-state index in [-0.39, 0.29) is 48.5 Å². The van der Waals surface area contributed by atoms with Crippen LogP contribution in [0.1, 0.15) is 116 Å². The number of rotatable bonds is 8. The molecule has 1 N–H and O–H groups in total. The van der Waals surface area contributed by atoms with E-state index in [1.807, 2.05) is 30.5 Å². The number of aromatic hydroxyl groups is 1. The molecule has 0 bridgehead atoms. The zero-order chi connectivity index (χ0) is 43.9. The standard InChI is InChI=1S/C57H62N3O.Pt/c1-54(2,3)43-30-40(31-44(35-43)55(4,5)6)41-33-50(59-51(34-41)48-36-45(56(7,8)9)37-49(53(48)61)57(10,11)12)42-28-39(27-38-21-15-13-16-22-38)29-47(32-42)60(46-23-17-14-18-24-46)52-25-19-20-26-58-52;/h13-26,28-31,33-37,61H,27H2,1-12H3;/q-1;.